The Hall–Kier alpha value is -1.38. The molecule has 0 fully saturated rings. The van der Waals surface area contributed by atoms with E-state index in [0.29, 0.717) is 0 Å². The predicted octanol–water partition coefficient (Wildman–Crippen LogP) is 2.60. The number of nitrogens with one attached hydrogen (secondary N) is 1. The lowest BCUT2D eigenvalue weighted by atomic mass is 10.2. The Morgan fingerprint density at radius 1 is 1.23 bits per heavy atom. The highest BCUT2D eigenvalue weighted by Crippen LogP contribution is 2.16. The van der Waals surface area contributed by atoms with Gasteiger partial charge in [0.25, 0.3) is 0 Å². The molecule has 0 atom stereocenters. The van der Waals surface area contributed by atoms with E-state index in [0.717, 1.165) is 11.0 Å². The fourth-order valence-corrected chi connectivity index (χ4v) is 1.18. The quantitative estimate of drug-likeness (QED) is 0.672. The Morgan fingerprint density at radius 2 is 1.92 bits per heavy atom. The average molecular weight is 177 g/mol. The van der Waals surface area contributed by atoms with Crippen LogP contribution in [-0.2, 0) is 0 Å². The molecule has 0 aliphatic heterocycles. The Kier molecular flexibility index (Phi) is 3.01. The zero-order valence-corrected chi connectivity index (χ0v) is 8.55. The fourth-order valence-electron chi connectivity index (χ4n) is 1.18. The summed E-state index contributed by atoms with van der Waals surface area (Å²) in [6.45, 7) is 8.11. The second-order valence-corrected chi connectivity index (χ2v) is 2.66. The maximum absolute atomic E-state index is 4.10. The zero-order chi connectivity index (χ0) is 9.84. The van der Waals surface area contributed by atoms with Gasteiger partial charge in [-0.25, -0.2) is 9.97 Å². The van der Waals surface area contributed by atoms with Crippen molar-refractivity contribution in [2.45, 2.75) is 27.7 Å². The molecule has 0 saturated carbocycles. The molecule has 0 radical (unpaired) electrons. The highest BCUT2D eigenvalue weighted by Gasteiger charge is 2.02. The highest BCUT2D eigenvalue weighted by atomic mass is 14.9. The minimum atomic E-state index is 0.926. The molecule has 70 valence electrons. The van der Waals surface area contributed by atoms with Crippen molar-refractivity contribution < 1.29 is 0 Å². The first kappa shape index (κ1) is 9.71. The normalized spacial score (nSPS) is 9.54. The summed E-state index contributed by atoms with van der Waals surface area (Å²) in [6.07, 6.45) is 3.39. The third-order valence-electron chi connectivity index (χ3n) is 1.98. The van der Waals surface area contributed by atoms with Crippen molar-refractivity contribution >= 4 is 11.0 Å². The maximum atomic E-state index is 4.10. The molecule has 2 aromatic heterocycles. The van der Waals surface area contributed by atoms with Crippen LogP contribution >= 0.6 is 0 Å². The van der Waals surface area contributed by atoms with E-state index >= 15 is 0 Å². The van der Waals surface area contributed by atoms with Crippen molar-refractivity contribution in [3.8, 4) is 0 Å². The Balaban J connectivity index is 0.000000396. The molecule has 0 bridgehead atoms. The molecule has 2 aromatic rings. The lowest BCUT2D eigenvalue weighted by molar-refractivity contribution is 1.18. The van der Waals surface area contributed by atoms with Crippen molar-refractivity contribution in [3.05, 3.63) is 23.8 Å². The summed E-state index contributed by atoms with van der Waals surface area (Å²) >= 11 is 0. The molecule has 3 heteroatoms. The average Bonchev–Trinajstić information content (AvgIpc) is 2.47. The van der Waals surface area contributed by atoms with Crippen molar-refractivity contribution in [1.29, 1.82) is 0 Å². The highest BCUT2D eigenvalue weighted by molar-refractivity contribution is 5.79. The third-order valence-corrected chi connectivity index (χ3v) is 1.98. The van der Waals surface area contributed by atoms with Crippen LogP contribution in [0.1, 0.15) is 25.1 Å². The van der Waals surface area contributed by atoms with E-state index in [2.05, 4.69) is 21.9 Å². The number of nitrogens with zero attached hydrogens (tertiary/aromatic N) is 2. The van der Waals surface area contributed by atoms with Gasteiger partial charge in [0.2, 0.25) is 0 Å². The van der Waals surface area contributed by atoms with E-state index in [1.807, 2.05) is 27.0 Å². The van der Waals surface area contributed by atoms with Gasteiger partial charge in [0.15, 0.2) is 0 Å². The van der Waals surface area contributed by atoms with Crippen LogP contribution in [0, 0.1) is 13.8 Å². The monoisotopic (exact) mass is 177 g/mol. The van der Waals surface area contributed by atoms with Gasteiger partial charge in [-0.3, -0.25) is 0 Å². The molecule has 0 spiro atoms. The van der Waals surface area contributed by atoms with Gasteiger partial charge in [0.05, 0.1) is 0 Å². The van der Waals surface area contributed by atoms with Crippen molar-refractivity contribution in [3.63, 3.8) is 0 Å². The lowest BCUT2D eigenvalue weighted by Crippen LogP contribution is -1.76. The van der Waals surface area contributed by atoms with Gasteiger partial charge in [-0.2, -0.15) is 0 Å². The summed E-state index contributed by atoms with van der Waals surface area (Å²) < 4.78 is 0. The molecule has 2 heterocycles. The van der Waals surface area contributed by atoms with Crippen LogP contribution in [-0.4, -0.2) is 15.0 Å². The van der Waals surface area contributed by atoms with E-state index < -0.39 is 0 Å². The molecule has 0 amide bonds. The summed E-state index contributed by atoms with van der Waals surface area (Å²) in [4.78, 5) is 11.2. The van der Waals surface area contributed by atoms with Gasteiger partial charge in [-0.15, -0.1) is 0 Å². The van der Waals surface area contributed by atoms with E-state index in [-0.39, 0.29) is 0 Å². The van der Waals surface area contributed by atoms with Crippen molar-refractivity contribution in [2.24, 2.45) is 0 Å². The molecular formula is C10H15N3. The number of H-pyrrole nitrogens is 1. The molecule has 2 rings (SSSR count). The van der Waals surface area contributed by atoms with Crippen LogP contribution in [0.15, 0.2) is 12.5 Å². The second-order valence-electron chi connectivity index (χ2n) is 2.66. The standard InChI is InChI=1S/C8H9N3.C2H6/c1-5-6(2)11-8-7(5)3-9-4-10-8;1-2/h3-4H,1-2H3,(H,9,10,11);1-2H3. The van der Waals surface area contributed by atoms with Crippen LogP contribution in [0.3, 0.4) is 0 Å². The van der Waals surface area contributed by atoms with Gasteiger partial charge in [0, 0.05) is 17.3 Å². The third kappa shape index (κ3) is 1.69. The molecular weight excluding hydrogens is 162 g/mol. The molecule has 1 N–H and O–H groups in total. The molecule has 0 aromatic carbocycles. The molecule has 0 unspecified atom stereocenters. The van der Waals surface area contributed by atoms with Crippen LogP contribution in [0.5, 0.6) is 0 Å². The van der Waals surface area contributed by atoms with Crippen LogP contribution in [0.2, 0.25) is 0 Å². The number of rotatable bonds is 0. The lowest BCUT2D eigenvalue weighted by Gasteiger charge is -1.86. The smallest absolute Gasteiger partial charge is 0.141 e. The van der Waals surface area contributed by atoms with Crippen molar-refractivity contribution in [1.82, 2.24) is 15.0 Å². The fraction of sp³-hybridized carbons (Fsp3) is 0.400. The number of fused-ring (bicyclic) bond motifs is 1. The van der Waals surface area contributed by atoms with Gasteiger partial charge in [-0.1, -0.05) is 13.8 Å². The van der Waals surface area contributed by atoms with Crippen LogP contribution in [0.25, 0.3) is 11.0 Å². The van der Waals surface area contributed by atoms with E-state index in [1.165, 1.54) is 11.3 Å². The zero-order valence-electron chi connectivity index (χ0n) is 8.55. The summed E-state index contributed by atoms with van der Waals surface area (Å²) in [6, 6.07) is 0. The largest absolute Gasteiger partial charge is 0.343 e. The Morgan fingerprint density at radius 3 is 2.54 bits per heavy atom. The number of aromatic nitrogens is 3. The van der Waals surface area contributed by atoms with E-state index in [9.17, 15) is 0 Å². The number of hydrogen-bond donors (Lipinski definition) is 1. The number of aryl methyl sites for hydroxylation is 2. The van der Waals surface area contributed by atoms with Gasteiger partial charge >= 0.3 is 0 Å². The Labute approximate surface area is 78.2 Å². The number of hydrogen-bond acceptors (Lipinski definition) is 2. The predicted molar refractivity (Wildman–Crippen MR) is 54.7 cm³/mol. The maximum Gasteiger partial charge on any atom is 0.141 e. The van der Waals surface area contributed by atoms with Crippen LogP contribution in [0.4, 0.5) is 0 Å². The van der Waals surface area contributed by atoms with Crippen molar-refractivity contribution in [2.75, 3.05) is 0 Å². The minimum Gasteiger partial charge on any atom is -0.343 e. The molecule has 3 nitrogen and oxygen atoms in total. The molecule has 0 saturated heterocycles. The SMILES string of the molecule is CC.Cc1[nH]c2ncncc2c1C. The summed E-state index contributed by atoms with van der Waals surface area (Å²) in [5.41, 5.74) is 3.33. The number of aromatic amines is 1. The van der Waals surface area contributed by atoms with Gasteiger partial charge in [0.1, 0.15) is 12.0 Å². The Bertz CT molecular complexity index is 390. The van der Waals surface area contributed by atoms with E-state index in [4.69, 9.17) is 0 Å². The summed E-state index contributed by atoms with van der Waals surface area (Å²) in [5.74, 6) is 0. The topological polar surface area (TPSA) is 41.6 Å². The van der Waals surface area contributed by atoms with Gasteiger partial charge < -0.3 is 4.98 Å². The summed E-state index contributed by atoms with van der Waals surface area (Å²) in [5, 5.41) is 1.12. The first-order valence-corrected chi connectivity index (χ1v) is 4.54. The first-order chi connectivity index (χ1) is 6.29. The molecule has 13 heavy (non-hydrogen) atoms. The summed E-state index contributed by atoms with van der Waals surface area (Å²) in [7, 11) is 0. The van der Waals surface area contributed by atoms with E-state index in [1.54, 1.807) is 6.33 Å². The molecule has 0 aliphatic rings. The second kappa shape index (κ2) is 4.03. The first-order valence-electron chi connectivity index (χ1n) is 4.54. The molecule has 0 aliphatic carbocycles. The van der Waals surface area contributed by atoms with Crippen LogP contribution < -0.4 is 0 Å². The minimum absolute atomic E-state index is 0.926. The van der Waals surface area contributed by atoms with Gasteiger partial charge in [-0.05, 0) is 19.4 Å².